The minimum absolute atomic E-state index is 0.155. The second-order valence-corrected chi connectivity index (χ2v) is 7.78. The summed E-state index contributed by atoms with van der Waals surface area (Å²) in [7, 11) is 2.83. The van der Waals surface area contributed by atoms with Crippen LogP contribution in [0.5, 0.6) is 17.2 Å². The van der Waals surface area contributed by atoms with Gasteiger partial charge in [0, 0.05) is 30.2 Å². The molecule has 3 rings (SSSR count). The number of nitrogens with one attached hydrogen (secondary N) is 1. The summed E-state index contributed by atoms with van der Waals surface area (Å²) in [6, 6.07) is 3.03. The third kappa shape index (κ3) is 5.43. The number of likely N-dealkylation sites (tertiary alicyclic amines) is 1. The Balaban J connectivity index is 1.76. The van der Waals surface area contributed by atoms with E-state index in [1.54, 1.807) is 16.5 Å². The van der Waals surface area contributed by atoms with Crippen LogP contribution >= 0.6 is 11.3 Å². The molecule has 2 heterocycles. The van der Waals surface area contributed by atoms with E-state index in [4.69, 9.17) is 19.9 Å². The zero-order valence-corrected chi connectivity index (χ0v) is 18.1. The molecule has 166 valence electrons. The molecular formula is C20H24N4O6S. The van der Waals surface area contributed by atoms with Gasteiger partial charge in [-0.2, -0.15) is 0 Å². The predicted molar refractivity (Wildman–Crippen MR) is 114 cm³/mol. The average Bonchev–Trinajstić information content (AvgIpc) is 3.29. The molecule has 0 saturated carbocycles. The Morgan fingerprint density at radius 3 is 2.55 bits per heavy atom. The molecule has 0 spiro atoms. The van der Waals surface area contributed by atoms with Gasteiger partial charge in [-0.1, -0.05) is 0 Å². The van der Waals surface area contributed by atoms with E-state index in [0.29, 0.717) is 36.6 Å². The summed E-state index contributed by atoms with van der Waals surface area (Å²) in [6.45, 7) is 0.465. The number of nitrogens with zero attached hydrogens (tertiary/aromatic N) is 2. The summed E-state index contributed by atoms with van der Waals surface area (Å²) in [6.07, 6.45) is 3.01. The van der Waals surface area contributed by atoms with Crippen LogP contribution in [0, 0.1) is 5.92 Å². The van der Waals surface area contributed by atoms with Gasteiger partial charge in [0.15, 0.2) is 23.2 Å². The smallest absolute Gasteiger partial charge is 0.255 e. The molecule has 1 aliphatic rings. The van der Waals surface area contributed by atoms with Gasteiger partial charge in [0.2, 0.25) is 11.7 Å². The fraction of sp³-hybridized carbons (Fsp3) is 0.400. The molecule has 1 fully saturated rings. The Morgan fingerprint density at radius 1 is 1.26 bits per heavy atom. The number of hydrogen-bond donors (Lipinski definition) is 2. The van der Waals surface area contributed by atoms with Crippen molar-refractivity contribution >= 4 is 34.2 Å². The first-order valence-corrected chi connectivity index (χ1v) is 10.5. The zero-order chi connectivity index (χ0) is 22.4. The summed E-state index contributed by atoms with van der Waals surface area (Å²) < 4.78 is 16.0. The highest BCUT2D eigenvalue weighted by Gasteiger charge is 2.30. The molecule has 11 heteroatoms. The zero-order valence-electron chi connectivity index (χ0n) is 17.3. The lowest BCUT2D eigenvalue weighted by molar-refractivity contribution is -0.121. The molecule has 0 aliphatic carbocycles. The fourth-order valence-electron chi connectivity index (χ4n) is 3.34. The van der Waals surface area contributed by atoms with Gasteiger partial charge in [0.25, 0.3) is 11.8 Å². The number of hydrogen-bond acceptors (Lipinski definition) is 8. The third-order valence-corrected chi connectivity index (χ3v) is 5.50. The van der Waals surface area contributed by atoms with Gasteiger partial charge in [-0.15, -0.1) is 11.3 Å². The molecule has 2 aromatic rings. The lowest BCUT2D eigenvalue weighted by Gasteiger charge is -2.32. The van der Waals surface area contributed by atoms with E-state index in [1.165, 1.54) is 37.7 Å². The highest BCUT2D eigenvalue weighted by atomic mass is 32.1. The molecule has 1 unspecified atom stereocenters. The lowest BCUT2D eigenvalue weighted by Crippen LogP contribution is -2.43. The number of ether oxygens (including phenoxy) is 3. The number of benzene rings is 1. The molecule has 0 radical (unpaired) electrons. The standard InChI is InChI=1S/C20H24N4O6S/c1-28-14-8-13(9-15(29-2)17(14)30-11-16(21)25)19(27)24-6-3-4-12(10-24)18(26)23-20-22-5-7-31-20/h5,7-9,12H,3-4,6,10-11H2,1-2H3,(H2,21,25)(H,22,23,26). The van der Waals surface area contributed by atoms with E-state index in [2.05, 4.69) is 10.3 Å². The number of methoxy groups -OCH3 is 2. The van der Waals surface area contributed by atoms with E-state index >= 15 is 0 Å². The van der Waals surface area contributed by atoms with Gasteiger partial charge in [0.05, 0.1) is 20.1 Å². The first kappa shape index (κ1) is 22.3. The first-order valence-electron chi connectivity index (χ1n) is 9.59. The van der Waals surface area contributed by atoms with Crippen LogP contribution in [-0.2, 0) is 9.59 Å². The summed E-state index contributed by atoms with van der Waals surface area (Å²) >= 11 is 1.34. The van der Waals surface area contributed by atoms with Gasteiger partial charge in [0.1, 0.15) is 0 Å². The van der Waals surface area contributed by atoms with Crippen molar-refractivity contribution in [2.24, 2.45) is 11.7 Å². The molecule has 1 saturated heterocycles. The van der Waals surface area contributed by atoms with Crippen LogP contribution < -0.4 is 25.3 Å². The maximum Gasteiger partial charge on any atom is 0.255 e. The number of anilines is 1. The van der Waals surface area contributed by atoms with Crippen molar-refractivity contribution in [3.05, 3.63) is 29.3 Å². The lowest BCUT2D eigenvalue weighted by atomic mass is 9.96. The molecule has 10 nitrogen and oxygen atoms in total. The van der Waals surface area contributed by atoms with Gasteiger partial charge in [-0.3, -0.25) is 14.4 Å². The monoisotopic (exact) mass is 448 g/mol. The highest BCUT2D eigenvalue weighted by Crippen LogP contribution is 2.39. The minimum atomic E-state index is -0.653. The van der Waals surface area contributed by atoms with Gasteiger partial charge >= 0.3 is 0 Å². The van der Waals surface area contributed by atoms with Crippen LogP contribution in [0.15, 0.2) is 23.7 Å². The van der Waals surface area contributed by atoms with Crippen molar-refractivity contribution in [2.75, 3.05) is 39.2 Å². The molecular weight excluding hydrogens is 424 g/mol. The van der Waals surface area contributed by atoms with Crippen LogP contribution in [0.3, 0.4) is 0 Å². The number of aromatic nitrogens is 1. The molecule has 1 aromatic carbocycles. The minimum Gasteiger partial charge on any atom is -0.493 e. The number of nitrogens with two attached hydrogens (primary N) is 1. The number of amides is 3. The molecule has 1 aliphatic heterocycles. The molecule has 1 aromatic heterocycles. The molecule has 3 N–H and O–H groups in total. The predicted octanol–water partition coefficient (Wildman–Crippen LogP) is 1.52. The second kappa shape index (κ2) is 10.1. The maximum atomic E-state index is 13.2. The van der Waals surface area contributed by atoms with E-state index in [1.807, 2.05) is 0 Å². The Morgan fingerprint density at radius 2 is 1.97 bits per heavy atom. The van der Waals surface area contributed by atoms with E-state index < -0.39 is 5.91 Å². The normalized spacial score (nSPS) is 15.8. The third-order valence-electron chi connectivity index (χ3n) is 4.81. The van der Waals surface area contributed by atoms with E-state index in [0.717, 1.165) is 0 Å². The Kier molecular flexibility index (Phi) is 7.29. The summed E-state index contributed by atoms with van der Waals surface area (Å²) in [5, 5.41) is 5.11. The molecule has 31 heavy (non-hydrogen) atoms. The van der Waals surface area contributed by atoms with Crippen molar-refractivity contribution < 1.29 is 28.6 Å². The van der Waals surface area contributed by atoms with Crippen molar-refractivity contribution in [3.8, 4) is 17.2 Å². The molecule has 1 atom stereocenters. The van der Waals surface area contributed by atoms with Crippen LogP contribution in [0.4, 0.5) is 5.13 Å². The largest absolute Gasteiger partial charge is 0.493 e. The Labute approximate surface area is 183 Å². The highest BCUT2D eigenvalue weighted by molar-refractivity contribution is 7.13. The average molecular weight is 449 g/mol. The topological polar surface area (TPSA) is 133 Å². The Hall–Kier alpha value is -3.34. The summed E-state index contributed by atoms with van der Waals surface area (Å²) in [5.74, 6) is -0.747. The van der Waals surface area contributed by atoms with Crippen LogP contribution in [0.1, 0.15) is 23.2 Å². The first-order chi connectivity index (χ1) is 14.9. The van der Waals surface area contributed by atoms with Gasteiger partial charge in [-0.05, 0) is 25.0 Å². The van der Waals surface area contributed by atoms with E-state index in [9.17, 15) is 14.4 Å². The van der Waals surface area contributed by atoms with Gasteiger partial charge in [-0.25, -0.2) is 4.98 Å². The second-order valence-electron chi connectivity index (χ2n) is 6.88. The van der Waals surface area contributed by atoms with Crippen molar-refractivity contribution in [1.82, 2.24) is 9.88 Å². The van der Waals surface area contributed by atoms with Crippen molar-refractivity contribution in [1.29, 1.82) is 0 Å². The maximum absolute atomic E-state index is 13.2. The van der Waals surface area contributed by atoms with Gasteiger partial charge < -0.3 is 30.2 Å². The van der Waals surface area contributed by atoms with Crippen LogP contribution in [-0.4, -0.2) is 61.5 Å². The van der Waals surface area contributed by atoms with Crippen molar-refractivity contribution in [2.45, 2.75) is 12.8 Å². The van der Waals surface area contributed by atoms with Crippen LogP contribution in [0.25, 0.3) is 0 Å². The summed E-state index contributed by atoms with van der Waals surface area (Å²) in [4.78, 5) is 42.5. The number of rotatable bonds is 8. The number of primary amides is 1. The number of thiazole rings is 1. The molecule has 0 bridgehead atoms. The quantitative estimate of drug-likeness (QED) is 0.625. The SMILES string of the molecule is COc1cc(C(=O)N2CCCC(C(=O)Nc3nccs3)C2)cc(OC)c1OCC(N)=O. The number of carbonyl (C=O) groups excluding carboxylic acids is 3. The Bertz CT molecular complexity index is 924. The van der Waals surface area contributed by atoms with E-state index in [-0.39, 0.29) is 41.6 Å². The number of carbonyl (C=O) groups is 3. The van der Waals surface area contributed by atoms with Crippen molar-refractivity contribution in [3.63, 3.8) is 0 Å². The number of piperidine rings is 1. The summed E-state index contributed by atoms with van der Waals surface area (Å²) in [5.41, 5.74) is 5.46. The molecule has 3 amide bonds. The fourth-order valence-corrected chi connectivity index (χ4v) is 3.87. The van der Waals surface area contributed by atoms with Crippen LogP contribution in [0.2, 0.25) is 0 Å².